The summed E-state index contributed by atoms with van der Waals surface area (Å²) in [6.07, 6.45) is -0.788. The molecule has 1 aliphatic heterocycles. The van der Waals surface area contributed by atoms with E-state index in [0.29, 0.717) is 0 Å². The van der Waals surface area contributed by atoms with E-state index in [4.69, 9.17) is 27.9 Å². The van der Waals surface area contributed by atoms with Gasteiger partial charge in [0.1, 0.15) is 5.41 Å². The lowest BCUT2D eigenvalue weighted by Crippen LogP contribution is -2.46. The second kappa shape index (κ2) is 7.95. The summed E-state index contributed by atoms with van der Waals surface area (Å²) >= 11 is 12.2. The van der Waals surface area contributed by atoms with Gasteiger partial charge in [0.05, 0.1) is 47.8 Å². The number of alkyl halides is 3. The first-order chi connectivity index (χ1) is 16.5. The van der Waals surface area contributed by atoms with Crippen molar-refractivity contribution in [2.24, 2.45) is 0 Å². The van der Waals surface area contributed by atoms with Crippen LogP contribution in [0.1, 0.15) is 12.6 Å². The van der Waals surface area contributed by atoms with Gasteiger partial charge in [0.2, 0.25) is 0 Å². The van der Waals surface area contributed by atoms with Gasteiger partial charge < -0.3 is 10.1 Å². The summed E-state index contributed by atoms with van der Waals surface area (Å²) in [7, 11) is 1.42. The summed E-state index contributed by atoms with van der Waals surface area (Å²) in [5, 5.41) is 14.1. The van der Waals surface area contributed by atoms with Gasteiger partial charge in [0, 0.05) is 12.6 Å². The molecule has 4 aromatic rings. The van der Waals surface area contributed by atoms with Crippen molar-refractivity contribution >= 4 is 46.3 Å². The maximum atomic E-state index is 14.2. The number of nitrogens with one attached hydrogen (secondary N) is 1. The van der Waals surface area contributed by atoms with Crippen molar-refractivity contribution in [1.29, 1.82) is 0 Å². The highest BCUT2D eigenvalue weighted by molar-refractivity contribution is 6.32. The van der Waals surface area contributed by atoms with Gasteiger partial charge in [-0.15, -0.1) is 0 Å². The quantitative estimate of drug-likeness (QED) is 0.429. The molecule has 0 aliphatic carbocycles. The predicted octanol–water partition coefficient (Wildman–Crippen LogP) is 3.89. The van der Waals surface area contributed by atoms with E-state index >= 15 is 0 Å². The molecule has 2 amide bonds. The summed E-state index contributed by atoms with van der Waals surface area (Å²) in [6, 6.07) is 1.87. The summed E-state index contributed by atoms with van der Waals surface area (Å²) in [6.45, 7) is 0.293. The zero-order valence-corrected chi connectivity index (χ0v) is 19.4. The molecule has 1 atom stereocenters. The Hall–Kier alpha value is -3.65. The first-order valence-electron chi connectivity index (χ1n) is 9.84. The molecular weight excluding hydrogens is 514 g/mol. The van der Waals surface area contributed by atoms with E-state index < -0.39 is 24.2 Å². The van der Waals surface area contributed by atoms with Crippen LogP contribution in [-0.4, -0.2) is 60.4 Å². The molecule has 0 aromatic carbocycles. The molecule has 182 valence electrons. The number of rotatable bonds is 3. The zero-order chi connectivity index (χ0) is 25.1. The highest BCUT2D eigenvalue weighted by Crippen LogP contribution is 2.50. The van der Waals surface area contributed by atoms with Crippen LogP contribution in [0, 0.1) is 0 Å². The van der Waals surface area contributed by atoms with Crippen LogP contribution in [-0.2, 0) is 5.41 Å². The van der Waals surface area contributed by atoms with Gasteiger partial charge in [-0.1, -0.05) is 33.5 Å². The number of carbonyl (C=O) groups excluding carboxylic acids is 1. The van der Waals surface area contributed by atoms with E-state index in [0.717, 1.165) is 16.3 Å². The van der Waals surface area contributed by atoms with Crippen LogP contribution in [0.25, 0.3) is 11.5 Å². The molecule has 0 saturated heterocycles. The average molecular weight is 528 g/mol. The molecule has 1 aliphatic rings. The molecule has 0 unspecified atom stereocenters. The Morgan fingerprint density at radius 2 is 2.00 bits per heavy atom. The normalized spacial score (nSPS) is 17.6. The van der Waals surface area contributed by atoms with E-state index in [2.05, 4.69) is 30.7 Å². The van der Waals surface area contributed by atoms with Gasteiger partial charge in [-0.2, -0.15) is 23.0 Å². The van der Waals surface area contributed by atoms with Crippen molar-refractivity contribution in [1.82, 2.24) is 34.6 Å². The van der Waals surface area contributed by atoms with Gasteiger partial charge in [0.15, 0.2) is 16.6 Å². The molecule has 5 rings (SSSR count). The third-order valence-electron chi connectivity index (χ3n) is 5.56. The minimum absolute atomic E-state index is 0.0240. The number of hydrogen-bond acceptors (Lipinski definition) is 7. The summed E-state index contributed by atoms with van der Waals surface area (Å²) < 4.78 is 49.9. The van der Waals surface area contributed by atoms with E-state index in [1.807, 2.05) is 0 Å². The fourth-order valence-electron chi connectivity index (χ4n) is 3.80. The van der Waals surface area contributed by atoms with Gasteiger partial charge in [-0.25, -0.2) is 19.3 Å². The first-order valence-corrected chi connectivity index (χ1v) is 10.6. The van der Waals surface area contributed by atoms with E-state index in [1.165, 1.54) is 42.5 Å². The standard InChI is InChI=1S/C19H14Cl2F3N9O2/c1-18(19(22,23)24)8-31(11-6-25-13-4-12(21)29-33(13)15(11)18)17(34)27-9-3-10(20)16(26-5-9)32-7-14(35-2)28-30-32/h3-7H,8H2,1-2H3,(H,27,34)/t18-/m1/s1. The lowest BCUT2D eigenvalue weighted by atomic mass is 9.88. The van der Waals surface area contributed by atoms with Gasteiger partial charge in [0.25, 0.3) is 5.88 Å². The smallest absolute Gasteiger partial charge is 0.401 e. The van der Waals surface area contributed by atoms with Crippen molar-refractivity contribution in [2.45, 2.75) is 18.5 Å². The Morgan fingerprint density at radius 3 is 2.66 bits per heavy atom. The molecule has 0 fully saturated rings. The first kappa shape index (κ1) is 23.1. The lowest BCUT2D eigenvalue weighted by molar-refractivity contribution is -0.181. The molecule has 16 heteroatoms. The maximum Gasteiger partial charge on any atom is 0.401 e. The van der Waals surface area contributed by atoms with Crippen LogP contribution in [0.15, 0.2) is 30.7 Å². The van der Waals surface area contributed by atoms with Crippen molar-refractivity contribution < 1.29 is 22.7 Å². The molecule has 0 radical (unpaired) electrons. The number of aromatic nitrogens is 7. The van der Waals surface area contributed by atoms with Gasteiger partial charge in [-0.05, 0) is 13.0 Å². The van der Waals surface area contributed by atoms with E-state index in [-0.39, 0.29) is 44.6 Å². The number of amides is 2. The molecule has 5 heterocycles. The maximum absolute atomic E-state index is 14.2. The summed E-state index contributed by atoms with van der Waals surface area (Å²) in [5.41, 5.74) is -2.46. The van der Waals surface area contributed by atoms with Crippen LogP contribution >= 0.6 is 23.2 Å². The number of hydrogen-bond donors (Lipinski definition) is 1. The minimum atomic E-state index is -4.70. The predicted molar refractivity (Wildman–Crippen MR) is 118 cm³/mol. The fourth-order valence-corrected chi connectivity index (χ4v) is 4.22. The van der Waals surface area contributed by atoms with Crippen LogP contribution in [0.2, 0.25) is 10.2 Å². The second-order valence-corrected chi connectivity index (χ2v) is 8.60. The Labute approximate surface area is 204 Å². The monoisotopic (exact) mass is 527 g/mol. The molecule has 4 aromatic heterocycles. The fraction of sp³-hybridized carbons (Fsp3) is 0.263. The lowest BCUT2D eigenvalue weighted by Gasteiger charge is -2.28. The Kier molecular flexibility index (Phi) is 5.25. The highest BCUT2D eigenvalue weighted by Gasteiger charge is 2.60. The van der Waals surface area contributed by atoms with Crippen LogP contribution < -0.4 is 15.0 Å². The number of carbonyl (C=O) groups is 1. The topological polar surface area (TPSA) is 115 Å². The number of pyridine rings is 1. The zero-order valence-electron chi connectivity index (χ0n) is 17.9. The average Bonchev–Trinajstić information content (AvgIpc) is 3.48. The Morgan fingerprint density at radius 1 is 1.23 bits per heavy atom. The van der Waals surface area contributed by atoms with Crippen molar-refractivity contribution in [3.05, 3.63) is 46.6 Å². The highest BCUT2D eigenvalue weighted by atomic mass is 35.5. The van der Waals surface area contributed by atoms with E-state index in [1.54, 1.807) is 0 Å². The minimum Gasteiger partial charge on any atom is -0.479 e. The Balaban J connectivity index is 1.48. The van der Waals surface area contributed by atoms with Crippen LogP contribution in [0.5, 0.6) is 5.88 Å². The number of anilines is 2. The molecule has 11 nitrogen and oxygen atoms in total. The number of fused-ring (bicyclic) bond motifs is 3. The summed E-state index contributed by atoms with van der Waals surface area (Å²) in [4.78, 5) is 22.3. The molecular formula is C19H14Cl2F3N9O2. The van der Waals surface area contributed by atoms with Gasteiger partial charge >= 0.3 is 12.2 Å². The number of nitrogens with zero attached hydrogens (tertiary/aromatic N) is 8. The number of methoxy groups -OCH3 is 1. The molecule has 0 bridgehead atoms. The van der Waals surface area contributed by atoms with Crippen LogP contribution in [0.3, 0.4) is 0 Å². The van der Waals surface area contributed by atoms with Crippen molar-refractivity contribution in [2.75, 3.05) is 23.9 Å². The third-order valence-corrected chi connectivity index (χ3v) is 6.03. The summed E-state index contributed by atoms with van der Waals surface area (Å²) in [5.74, 6) is 0.445. The van der Waals surface area contributed by atoms with E-state index in [9.17, 15) is 18.0 Å². The second-order valence-electron chi connectivity index (χ2n) is 7.81. The third kappa shape index (κ3) is 3.69. The largest absolute Gasteiger partial charge is 0.479 e. The molecule has 0 saturated carbocycles. The molecule has 1 N–H and O–H groups in total. The molecule has 35 heavy (non-hydrogen) atoms. The van der Waals surface area contributed by atoms with Gasteiger partial charge in [-0.3, -0.25) is 4.90 Å². The molecule has 0 spiro atoms. The number of ether oxygens (including phenoxy) is 1. The SMILES string of the molecule is COc1cn(-c2ncc(NC(=O)N3C[C@@](C)(C(F)(F)F)c4c3cnc3cc(Cl)nn43)cc2Cl)nn1. The van der Waals surface area contributed by atoms with Crippen molar-refractivity contribution in [3.8, 4) is 11.7 Å². The van der Waals surface area contributed by atoms with Crippen LogP contribution in [0.4, 0.5) is 29.3 Å². The Bertz CT molecular complexity index is 1470. The van der Waals surface area contributed by atoms with Crippen molar-refractivity contribution in [3.63, 3.8) is 0 Å². The number of halogens is 5. The number of urea groups is 1.